The number of benzene rings is 1. The van der Waals surface area contributed by atoms with Crippen molar-refractivity contribution in [2.45, 2.75) is 6.92 Å². The van der Waals surface area contributed by atoms with Crippen LogP contribution >= 0.6 is 34.5 Å². The Labute approximate surface area is 133 Å². The Morgan fingerprint density at radius 2 is 2.05 bits per heavy atom. The molecule has 0 bridgehead atoms. The van der Waals surface area contributed by atoms with Gasteiger partial charge in [-0.05, 0) is 23.9 Å². The van der Waals surface area contributed by atoms with Gasteiger partial charge in [0.15, 0.2) is 5.82 Å². The van der Waals surface area contributed by atoms with Gasteiger partial charge in [-0.3, -0.25) is 10.1 Å². The lowest BCUT2D eigenvalue weighted by molar-refractivity contribution is -0.384. The van der Waals surface area contributed by atoms with Gasteiger partial charge in [0.2, 0.25) is 0 Å². The number of fused-ring (bicyclic) bond motifs is 1. The largest absolute Gasteiger partial charge is 0.270 e. The number of nitrogens with zero attached hydrogens (tertiary/aromatic N) is 3. The Bertz CT molecular complexity index is 879. The lowest BCUT2D eigenvalue weighted by Crippen LogP contribution is -1.93. The molecule has 8 heteroatoms. The average molecular weight is 340 g/mol. The second-order valence-electron chi connectivity index (χ2n) is 4.36. The van der Waals surface area contributed by atoms with Gasteiger partial charge >= 0.3 is 0 Å². The fraction of sp³-hybridized carbons (Fsp3) is 0.0769. The number of hydrogen-bond donors (Lipinski definition) is 0. The molecule has 1 aromatic carbocycles. The Balaban J connectivity index is 2.22. The maximum Gasteiger partial charge on any atom is 0.270 e. The summed E-state index contributed by atoms with van der Waals surface area (Å²) in [5.74, 6) is 0.421. The monoisotopic (exact) mass is 339 g/mol. The first kappa shape index (κ1) is 14.2. The van der Waals surface area contributed by atoms with Crippen LogP contribution in [0.25, 0.3) is 21.6 Å². The number of hydrogen-bond acceptors (Lipinski definition) is 5. The van der Waals surface area contributed by atoms with E-state index in [4.69, 9.17) is 23.2 Å². The molecule has 0 amide bonds. The minimum absolute atomic E-state index is 0.0502. The van der Waals surface area contributed by atoms with Crippen LogP contribution in [0.3, 0.4) is 0 Å². The minimum atomic E-state index is -0.483. The van der Waals surface area contributed by atoms with Crippen LogP contribution < -0.4 is 0 Å². The van der Waals surface area contributed by atoms with Crippen molar-refractivity contribution >= 4 is 51.1 Å². The molecule has 0 saturated heterocycles. The molecule has 0 aliphatic carbocycles. The first-order valence-electron chi connectivity index (χ1n) is 5.83. The molecule has 0 aliphatic rings. The van der Waals surface area contributed by atoms with E-state index in [-0.39, 0.29) is 10.8 Å². The van der Waals surface area contributed by atoms with Crippen LogP contribution in [-0.2, 0) is 0 Å². The SMILES string of the molecule is Cc1csc(-c2nc(Cl)c3cc([N+](=O)[O-])ccc3n2)c1Cl. The number of nitro benzene ring substituents is 1. The zero-order valence-corrected chi connectivity index (χ0v) is 13.0. The summed E-state index contributed by atoms with van der Waals surface area (Å²) in [7, 11) is 0. The van der Waals surface area contributed by atoms with Crippen molar-refractivity contribution in [2.24, 2.45) is 0 Å². The van der Waals surface area contributed by atoms with Gasteiger partial charge in [-0.15, -0.1) is 11.3 Å². The van der Waals surface area contributed by atoms with Crippen LogP contribution in [0.15, 0.2) is 23.6 Å². The Morgan fingerprint density at radius 3 is 2.67 bits per heavy atom. The van der Waals surface area contributed by atoms with E-state index in [1.54, 1.807) is 6.07 Å². The number of aryl methyl sites for hydroxylation is 1. The fourth-order valence-electron chi connectivity index (χ4n) is 1.87. The zero-order chi connectivity index (χ0) is 15.1. The van der Waals surface area contributed by atoms with E-state index in [9.17, 15) is 10.1 Å². The minimum Gasteiger partial charge on any atom is -0.258 e. The Kier molecular flexibility index (Phi) is 3.52. The predicted molar refractivity (Wildman–Crippen MR) is 84.3 cm³/mol. The highest BCUT2D eigenvalue weighted by Gasteiger charge is 2.16. The third-order valence-corrected chi connectivity index (χ3v) is 4.93. The Morgan fingerprint density at radius 1 is 1.29 bits per heavy atom. The lowest BCUT2D eigenvalue weighted by Gasteiger charge is -2.03. The van der Waals surface area contributed by atoms with Crippen LogP contribution in [0.4, 0.5) is 5.69 Å². The number of aromatic nitrogens is 2. The summed E-state index contributed by atoms with van der Waals surface area (Å²) in [4.78, 5) is 19.6. The second kappa shape index (κ2) is 5.22. The van der Waals surface area contributed by atoms with Gasteiger partial charge < -0.3 is 0 Å². The summed E-state index contributed by atoms with van der Waals surface area (Å²) < 4.78 is 0. The van der Waals surface area contributed by atoms with Crippen molar-refractivity contribution in [3.05, 3.63) is 49.4 Å². The van der Waals surface area contributed by atoms with Crippen molar-refractivity contribution in [1.82, 2.24) is 9.97 Å². The molecular formula is C13H7Cl2N3O2S. The first-order chi connectivity index (χ1) is 9.97. The van der Waals surface area contributed by atoms with E-state index in [2.05, 4.69) is 9.97 Å². The average Bonchev–Trinajstić information content (AvgIpc) is 2.78. The van der Waals surface area contributed by atoms with Gasteiger partial charge in [0.1, 0.15) is 5.15 Å². The van der Waals surface area contributed by atoms with Crippen molar-refractivity contribution < 1.29 is 4.92 Å². The van der Waals surface area contributed by atoms with Crippen molar-refractivity contribution in [3.63, 3.8) is 0 Å². The highest BCUT2D eigenvalue weighted by atomic mass is 35.5. The molecule has 0 aliphatic heterocycles. The summed E-state index contributed by atoms with van der Waals surface area (Å²) >= 11 is 13.8. The van der Waals surface area contributed by atoms with Crippen LogP contribution in [0.1, 0.15) is 5.56 Å². The highest BCUT2D eigenvalue weighted by molar-refractivity contribution is 7.14. The van der Waals surface area contributed by atoms with E-state index in [1.807, 2.05) is 12.3 Å². The van der Waals surface area contributed by atoms with E-state index in [0.717, 1.165) is 10.4 Å². The highest BCUT2D eigenvalue weighted by Crippen LogP contribution is 2.36. The topological polar surface area (TPSA) is 68.9 Å². The van der Waals surface area contributed by atoms with Gasteiger partial charge in [0.25, 0.3) is 5.69 Å². The molecule has 106 valence electrons. The van der Waals surface area contributed by atoms with Crippen molar-refractivity contribution in [1.29, 1.82) is 0 Å². The van der Waals surface area contributed by atoms with E-state index in [1.165, 1.54) is 23.5 Å². The van der Waals surface area contributed by atoms with Gasteiger partial charge in [0.05, 0.1) is 20.3 Å². The Hall–Kier alpha value is -1.76. The standard InChI is InChI=1S/C13H7Cl2N3O2S/c1-6-5-21-11(10(6)14)13-16-9-3-2-7(18(19)20)4-8(9)12(15)17-13/h2-5H,1H3. The fourth-order valence-corrected chi connectivity index (χ4v) is 3.32. The summed E-state index contributed by atoms with van der Waals surface area (Å²) in [5.41, 5.74) is 1.43. The normalized spacial score (nSPS) is 11.0. The molecule has 0 N–H and O–H groups in total. The van der Waals surface area contributed by atoms with Gasteiger partial charge in [-0.1, -0.05) is 23.2 Å². The molecule has 2 aromatic heterocycles. The molecule has 0 atom stereocenters. The summed E-state index contributed by atoms with van der Waals surface area (Å²) in [5, 5.41) is 13.9. The van der Waals surface area contributed by atoms with Crippen LogP contribution in [0.2, 0.25) is 10.2 Å². The molecule has 2 heterocycles. The smallest absolute Gasteiger partial charge is 0.258 e. The number of halogens is 2. The molecule has 0 fully saturated rings. The zero-order valence-electron chi connectivity index (χ0n) is 10.6. The molecule has 0 unspecified atom stereocenters. The van der Waals surface area contributed by atoms with E-state index in [0.29, 0.717) is 21.7 Å². The van der Waals surface area contributed by atoms with Crippen molar-refractivity contribution in [3.8, 4) is 10.7 Å². The molecule has 0 radical (unpaired) electrons. The molecular weight excluding hydrogens is 333 g/mol. The quantitative estimate of drug-likeness (QED) is 0.379. The van der Waals surface area contributed by atoms with Gasteiger partial charge in [-0.25, -0.2) is 9.97 Å². The van der Waals surface area contributed by atoms with Crippen LogP contribution in [-0.4, -0.2) is 14.9 Å². The summed E-state index contributed by atoms with van der Waals surface area (Å²) in [6.07, 6.45) is 0. The number of rotatable bonds is 2. The van der Waals surface area contributed by atoms with E-state index < -0.39 is 4.92 Å². The number of thiophene rings is 1. The molecule has 21 heavy (non-hydrogen) atoms. The maximum atomic E-state index is 10.8. The summed E-state index contributed by atoms with van der Waals surface area (Å²) in [6.45, 7) is 1.90. The maximum absolute atomic E-state index is 10.8. The third-order valence-electron chi connectivity index (χ3n) is 2.95. The van der Waals surface area contributed by atoms with Gasteiger partial charge in [0, 0.05) is 17.5 Å². The predicted octanol–water partition coefficient (Wildman–Crippen LogP) is 4.88. The molecule has 0 spiro atoms. The molecule has 3 aromatic rings. The molecule has 3 rings (SSSR count). The number of non-ortho nitro benzene ring substituents is 1. The molecule has 5 nitrogen and oxygen atoms in total. The van der Waals surface area contributed by atoms with E-state index >= 15 is 0 Å². The van der Waals surface area contributed by atoms with Crippen LogP contribution in [0, 0.1) is 17.0 Å². The second-order valence-corrected chi connectivity index (χ2v) is 5.97. The van der Waals surface area contributed by atoms with Crippen molar-refractivity contribution in [2.75, 3.05) is 0 Å². The lowest BCUT2D eigenvalue weighted by atomic mass is 10.2. The number of nitro groups is 1. The van der Waals surface area contributed by atoms with Gasteiger partial charge in [-0.2, -0.15) is 0 Å². The van der Waals surface area contributed by atoms with Crippen LogP contribution in [0.5, 0.6) is 0 Å². The molecule has 0 saturated carbocycles. The first-order valence-corrected chi connectivity index (χ1v) is 7.46. The third kappa shape index (κ3) is 2.46. The summed E-state index contributed by atoms with van der Waals surface area (Å²) in [6, 6.07) is 4.30.